The van der Waals surface area contributed by atoms with Crippen molar-refractivity contribution in [2.75, 3.05) is 0 Å². The van der Waals surface area contributed by atoms with Crippen LogP contribution in [0.4, 0.5) is 0 Å². The number of thiophene rings is 1. The molecule has 6 heteroatoms. The van der Waals surface area contributed by atoms with E-state index in [4.69, 9.17) is 16.7 Å². The first-order valence-electron chi connectivity index (χ1n) is 11.9. The number of halogens is 1. The van der Waals surface area contributed by atoms with Gasteiger partial charge in [0.1, 0.15) is 4.83 Å². The lowest BCUT2D eigenvalue weighted by Gasteiger charge is -2.59. The molecular formula is C26H30ClN3OS. The molecule has 2 aromatic heterocycles. The fraction of sp³-hybridized carbons (Fsp3) is 0.538. The van der Waals surface area contributed by atoms with Crippen LogP contribution < -0.4 is 5.32 Å². The number of rotatable bonds is 5. The van der Waals surface area contributed by atoms with E-state index in [0.29, 0.717) is 12.0 Å². The summed E-state index contributed by atoms with van der Waals surface area (Å²) in [6.45, 7) is 4.95. The second-order valence-electron chi connectivity index (χ2n) is 10.7. The number of aryl methyl sites for hydroxylation is 1. The summed E-state index contributed by atoms with van der Waals surface area (Å²) in [6.07, 6.45) is 8.21. The van der Waals surface area contributed by atoms with Gasteiger partial charge < -0.3 is 5.32 Å². The fourth-order valence-electron chi connectivity index (χ4n) is 7.22. The quantitative estimate of drug-likeness (QED) is 0.469. The van der Waals surface area contributed by atoms with E-state index < -0.39 is 0 Å². The third-order valence-electron chi connectivity index (χ3n) is 8.43. The van der Waals surface area contributed by atoms with Crippen LogP contribution in [0.15, 0.2) is 30.3 Å². The van der Waals surface area contributed by atoms with E-state index in [-0.39, 0.29) is 11.9 Å². The average Bonchev–Trinajstić information content (AvgIpc) is 3.30. The number of nitrogens with one attached hydrogen (secondary N) is 1. The SMILES string of the molecule is Cc1nn(Cc2ccc(Cl)cc2)c2sc(C(=O)N[C@@H](C)C34CC5CC(CC(C5)C3)C4)cc12. The van der Waals surface area contributed by atoms with Crippen molar-refractivity contribution in [1.82, 2.24) is 15.1 Å². The predicted octanol–water partition coefficient (Wildman–Crippen LogP) is 6.44. The maximum atomic E-state index is 13.3. The lowest BCUT2D eigenvalue weighted by atomic mass is 9.48. The molecule has 32 heavy (non-hydrogen) atoms. The zero-order valence-electron chi connectivity index (χ0n) is 18.7. The molecular weight excluding hydrogens is 438 g/mol. The summed E-state index contributed by atoms with van der Waals surface area (Å²) in [6, 6.07) is 10.1. The van der Waals surface area contributed by atoms with Crippen molar-refractivity contribution in [3.8, 4) is 0 Å². The van der Waals surface area contributed by atoms with Crippen LogP contribution >= 0.6 is 22.9 Å². The molecule has 0 aliphatic heterocycles. The van der Waals surface area contributed by atoms with Crippen LogP contribution in [-0.4, -0.2) is 21.7 Å². The summed E-state index contributed by atoms with van der Waals surface area (Å²) in [5.41, 5.74) is 2.44. The molecule has 1 aromatic carbocycles. The molecule has 3 aromatic rings. The number of hydrogen-bond acceptors (Lipinski definition) is 3. The third kappa shape index (κ3) is 3.49. The highest BCUT2D eigenvalue weighted by Gasteiger charge is 2.53. The Hall–Kier alpha value is -1.85. The number of aromatic nitrogens is 2. The third-order valence-corrected chi connectivity index (χ3v) is 9.83. The van der Waals surface area contributed by atoms with Crippen LogP contribution in [0, 0.1) is 30.1 Å². The van der Waals surface area contributed by atoms with Gasteiger partial charge in [0.05, 0.1) is 17.1 Å². The molecule has 0 unspecified atom stereocenters. The molecule has 168 valence electrons. The normalized spacial score (nSPS) is 29.5. The summed E-state index contributed by atoms with van der Waals surface area (Å²) in [5.74, 6) is 2.76. The van der Waals surface area contributed by atoms with Gasteiger partial charge in [0.15, 0.2) is 0 Å². The fourth-order valence-corrected chi connectivity index (χ4v) is 8.41. The first-order valence-corrected chi connectivity index (χ1v) is 13.1. The molecule has 4 fully saturated rings. The van der Waals surface area contributed by atoms with Gasteiger partial charge in [-0.15, -0.1) is 11.3 Å². The standard InChI is InChI=1S/C26H30ClN3OS/c1-15-22-10-23(32-25(22)30(29-15)14-17-3-5-21(27)6-4-17)24(31)28-16(2)26-11-18-7-19(12-26)9-20(8-18)13-26/h3-6,10,16,18-20H,7-9,11-14H2,1-2H3,(H,28,31)/t16-,18?,19?,20?,26?/m0/s1. The Morgan fingerprint density at radius 2 is 1.81 bits per heavy atom. The van der Waals surface area contributed by atoms with Crippen LogP contribution in [0.1, 0.15) is 66.4 Å². The maximum absolute atomic E-state index is 13.3. The van der Waals surface area contributed by atoms with Gasteiger partial charge >= 0.3 is 0 Å². The van der Waals surface area contributed by atoms with E-state index in [2.05, 4.69) is 12.2 Å². The van der Waals surface area contributed by atoms with E-state index >= 15 is 0 Å². The van der Waals surface area contributed by atoms with Crippen molar-refractivity contribution in [3.05, 3.63) is 51.5 Å². The van der Waals surface area contributed by atoms with E-state index in [9.17, 15) is 4.79 Å². The van der Waals surface area contributed by atoms with E-state index in [1.807, 2.05) is 41.9 Å². The molecule has 4 nitrogen and oxygen atoms in total. The van der Waals surface area contributed by atoms with Crippen molar-refractivity contribution < 1.29 is 4.79 Å². The van der Waals surface area contributed by atoms with Crippen molar-refractivity contribution in [2.45, 2.75) is 65.0 Å². The van der Waals surface area contributed by atoms with Crippen LogP contribution in [0.3, 0.4) is 0 Å². The van der Waals surface area contributed by atoms with Gasteiger partial charge in [0.25, 0.3) is 5.91 Å². The lowest BCUT2D eigenvalue weighted by Crippen LogP contribution is -2.55. The Bertz CT molecular complexity index is 1140. The van der Waals surface area contributed by atoms with Gasteiger partial charge in [0.2, 0.25) is 0 Å². The van der Waals surface area contributed by atoms with Gasteiger partial charge in [-0.3, -0.25) is 9.48 Å². The highest BCUT2D eigenvalue weighted by molar-refractivity contribution is 7.20. The van der Waals surface area contributed by atoms with Crippen molar-refractivity contribution >= 4 is 39.1 Å². The second kappa shape index (κ2) is 7.59. The lowest BCUT2D eigenvalue weighted by molar-refractivity contribution is -0.0687. The predicted molar refractivity (Wildman–Crippen MR) is 130 cm³/mol. The van der Waals surface area contributed by atoms with Gasteiger partial charge in [-0.1, -0.05) is 23.7 Å². The number of nitrogens with zero attached hydrogens (tertiary/aromatic N) is 2. The number of carbonyl (C=O) groups is 1. The van der Waals surface area contributed by atoms with Crippen molar-refractivity contribution in [1.29, 1.82) is 0 Å². The molecule has 4 aliphatic carbocycles. The largest absolute Gasteiger partial charge is 0.348 e. The monoisotopic (exact) mass is 467 g/mol. The highest BCUT2D eigenvalue weighted by atomic mass is 35.5. The molecule has 0 radical (unpaired) electrons. The summed E-state index contributed by atoms with van der Waals surface area (Å²) >= 11 is 7.58. The number of carbonyl (C=O) groups excluding carboxylic acids is 1. The highest BCUT2D eigenvalue weighted by Crippen LogP contribution is 2.61. The zero-order chi connectivity index (χ0) is 22.0. The van der Waals surface area contributed by atoms with Gasteiger partial charge in [0, 0.05) is 16.5 Å². The first-order chi connectivity index (χ1) is 15.4. The number of amides is 1. The van der Waals surface area contributed by atoms with E-state index in [1.54, 1.807) is 11.3 Å². The molecule has 0 saturated heterocycles. The van der Waals surface area contributed by atoms with Crippen molar-refractivity contribution in [3.63, 3.8) is 0 Å². The molecule has 4 saturated carbocycles. The minimum Gasteiger partial charge on any atom is -0.348 e. The molecule has 4 bridgehead atoms. The Labute approximate surface area is 198 Å². The Morgan fingerprint density at radius 1 is 1.19 bits per heavy atom. The number of hydrogen-bond donors (Lipinski definition) is 1. The summed E-state index contributed by atoms with van der Waals surface area (Å²) in [5, 5.41) is 9.96. The first kappa shape index (κ1) is 20.7. The Balaban J connectivity index is 1.22. The molecule has 1 atom stereocenters. The van der Waals surface area contributed by atoms with Crippen LogP contribution in [0.5, 0.6) is 0 Å². The van der Waals surface area contributed by atoms with Crippen LogP contribution in [0.2, 0.25) is 5.02 Å². The zero-order valence-corrected chi connectivity index (χ0v) is 20.3. The van der Waals surface area contributed by atoms with Gasteiger partial charge in [-0.2, -0.15) is 5.10 Å². The Kier molecular flexibility index (Phi) is 4.92. The van der Waals surface area contributed by atoms with Gasteiger partial charge in [-0.05, 0) is 99.3 Å². The minimum absolute atomic E-state index is 0.0758. The minimum atomic E-state index is 0.0758. The molecule has 1 amide bonds. The number of fused-ring (bicyclic) bond motifs is 1. The molecule has 4 aliphatic rings. The smallest absolute Gasteiger partial charge is 0.261 e. The topological polar surface area (TPSA) is 46.9 Å². The molecule has 1 N–H and O–H groups in total. The summed E-state index contributed by atoms with van der Waals surface area (Å²) in [7, 11) is 0. The second-order valence-corrected chi connectivity index (χ2v) is 12.1. The summed E-state index contributed by atoms with van der Waals surface area (Å²) < 4.78 is 2.01. The molecule has 7 rings (SSSR count). The molecule has 2 heterocycles. The average molecular weight is 468 g/mol. The van der Waals surface area contributed by atoms with Crippen LogP contribution in [0.25, 0.3) is 10.2 Å². The van der Waals surface area contributed by atoms with Crippen LogP contribution in [-0.2, 0) is 6.54 Å². The molecule has 0 spiro atoms. The maximum Gasteiger partial charge on any atom is 0.261 e. The number of benzene rings is 1. The van der Waals surface area contributed by atoms with Crippen molar-refractivity contribution in [2.24, 2.45) is 23.2 Å². The van der Waals surface area contributed by atoms with Gasteiger partial charge in [-0.25, -0.2) is 0 Å². The van der Waals surface area contributed by atoms with E-state index in [1.165, 1.54) is 38.5 Å². The Morgan fingerprint density at radius 3 is 2.44 bits per heavy atom. The van der Waals surface area contributed by atoms with E-state index in [0.717, 1.165) is 49.1 Å². The summed E-state index contributed by atoms with van der Waals surface area (Å²) in [4.78, 5) is 15.1.